The van der Waals surface area contributed by atoms with Crippen molar-refractivity contribution in [1.29, 1.82) is 0 Å². The number of fused-ring (bicyclic) bond motifs is 1. The standard InChI is InChI=1S/C25H32N6O2/c1-18(32)30-13-9-19(10-14-30)23-16-21(17-29(2)3)31(28-23)15-12-27-25(33)22-8-4-6-20-7-5-11-26-24(20)22/h4-8,11,16,19H,9-10,12-15,17H2,1-3H3,(H,27,33). The molecular formula is C25H32N6O2. The third-order valence-corrected chi connectivity index (χ3v) is 6.21. The number of likely N-dealkylation sites (tertiary alicyclic amines) is 1. The van der Waals surface area contributed by atoms with E-state index in [1.54, 1.807) is 13.1 Å². The SMILES string of the molecule is CC(=O)N1CCC(c2cc(CN(C)C)n(CCNC(=O)c3cccc4cccnc34)n2)CC1. The molecule has 3 aromatic rings. The van der Waals surface area contributed by atoms with Gasteiger partial charge in [-0.15, -0.1) is 0 Å². The number of piperidine rings is 1. The third kappa shape index (κ3) is 5.39. The Morgan fingerprint density at radius 3 is 2.64 bits per heavy atom. The van der Waals surface area contributed by atoms with E-state index in [0.29, 0.717) is 30.1 Å². The van der Waals surface area contributed by atoms with E-state index in [-0.39, 0.29) is 11.8 Å². The van der Waals surface area contributed by atoms with Crippen molar-refractivity contribution in [3.05, 3.63) is 59.5 Å². The Hall–Kier alpha value is -3.26. The highest BCUT2D eigenvalue weighted by Crippen LogP contribution is 2.28. The van der Waals surface area contributed by atoms with E-state index in [2.05, 4.69) is 21.3 Å². The summed E-state index contributed by atoms with van der Waals surface area (Å²) in [6.07, 6.45) is 3.57. The van der Waals surface area contributed by atoms with Crippen molar-refractivity contribution < 1.29 is 9.59 Å². The summed E-state index contributed by atoms with van der Waals surface area (Å²) >= 11 is 0. The van der Waals surface area contributed by atoms with Gasteiger partial charge in [0.15, 0.2) is 0 Å². The Morgan fingerprint density at radius 2 is 1.91 bits per heavy atom. The van der Waals surface area contributed by atoms with Gasteiger partial charge in [-0.3, -0.25) is 19.3 Å². The van der Waals surface area contributed by atoms with Gasteiger partial charge in [-0.2, -0.15) is 5.10 Å². The Balaban J connectivity index is 1.42. The zero-order valence-electron chi connectivity index (χ0n) is 19.6. The van der Waals surface area contributed by atoms with E-state index in [1.807, 2.05) is 54.0 Å². The minimum Gasteiger partial charge on any atom is -0.350 e. The molecule has 0 bridgehead atoms. The fourth-order valence-electron chi connectivity index (χ4n) is 4.47. The predicted molar refractivity (Wildman–Crippen MR) is 128 cm³/mol. The largest absolute Gasteiger partial charge is 0.350 e. The van der Waals surface area contributed by atoms with E-state index in [4.69, 9.17) is 5.10 Å². The number of hydrogen-bond donors (Lipinski definition) is 1. The van der Waals surface area contributed by atoms with Crippen LogP contribution in [0.4, 0.5) is 0 Å². The lowest BCUT2D eigenvalue weighted by atomic mass is 9.93. The summed E-state index contributed by atoms with van der Waals surface area (Å²) < 4.78 is 2.01. The Bertz CT molecular complexity index is 1130. The van der Waals surface area contributed by atoms with E-state index in [9.17, 15) is 9.59 Å². The molecule has 4 rings (SSSR count). The molecule has 0 saturated carbocycles. The maximum atomic E-state index is 12.8. The van der Waals surface area contributed by atoms with Crippen LogP contribution >= 0.6 is 0 Å². The second-order valence-corrected chi connectivity index (χ2v) is 8.94. The molecule has 8 nitrogen and oxygen atoms in total. The number of nitrogens with zero attached hydrogens (tertiary/aromatic N) is 5. The van der Waals surface area contributed by atoms with Crippen LogP contribution in [0.25, 0.3) is 10.9 Å². The van der Waals surface area contributed by atoms with Crippen LogP contribution in [0.1, 0.15) is 47.4 Å². The second kappa shape index (κ2) is 10.1. The molecule has 0 spiro atoms. The zero-order chi connectivity index (χ0) is 23.4. The maximum Gasteiger partial charge on any atom is 0.253 e. The van der Waals surface area contributed by atoms with Gasteiger partial charge in [-0.25, -0.2) is 0 Å². The van der Waals surface area contributed by atoms with Crippen molar-refractivity contribution >= 4 is 22.7 Å². The van der Waals surface area contributed by atoms with Crippen molar-refractivity contribution in [2.75, 3.05) is 33.7 Å². The summed E-state index contributed by atoms with van der Waals surface area (Å²) in [5.74, 6) is 0.376. The Labute approximate surface area is 194 Å². The molecule has 1 fully saturated rings. The molecule has 0 aliphatic carbocycles. The van der Waals surface area contributed by atoms with Crippen molar-refractivity contribution in [2.24, 2.45) is 0 Å². The normalized spacial score (nSPS) is 14.7. The number of benzene rings is 1. The van der Waals surface area contributed by atoms with Gasteiger partial charge in [-0.1, -0.05) is 18.2 Å². The van der Waals surface area contributed by atoms with Crippen LogP contribution in [0.5, 0.6) is 0 Å². The van der Waals surface area contributed by atoms with Gasteiger partial charge < -0.3 is 15.1 Å². The molecule has 174 valence electrons. The molecule has 1 aliphatic heterocycles. The van der Waals surface area contributed by atoms with Gasteiger partial charge >= 0.3 is 0 Å². The van der Waals surface area contributed by atoms with Crippen LogP contribution in [0.3, 0.4) is 0 Å². The lowest BCUT2D eigenvalue weighted by Gasteiger charge is -2.30. The van der Waals surface area contributed by atoms with Gasteiger partial charge in [0.05, 0.1) is 29.0 Å². The quantitative estimate of drug-likeness (QED) is 0.601. The molecule has 3 heterocycles. The van der Waals surface area contributed by atoms with E-state index in [0.717, 1.165) is 49.2 Å². The highest BCUT2D eigenvalue weighted by molar-refractivity contribution is 6.05. The number of nitrogens with one attached hydrogen (secondary N) is 1. The van der Waals surface area contributed by atoms with Crippen molar-refractivity contribution in [2.45, 2.75) is 38.8 Å². The van der Waals surface area contributed by atoms with Crippen LogP contribution in [-0.4, -0.2) is 70.1 Å². The van der Waals surface area contributed by atoms with Crippen molar-refractivity contribution in [3.8, 4) is 0 Å². The number of pyridine rings is 1. The molecule has 0 unspecified atom stereocenters. The molecule has 0 radical (unpaired) electrons. The fourth-order valence-corrected chi connectivity index (χ4v) is 4.47. The first-order valence-corrected chi connectivity index (χ1v) is 11.5. The highest BCUT2D eigenvalue weighted by atomic mass is 16.2. The first-order valence-electron chi connectivity index (χ1n) is 11.5. The maximum absolute atomic E-state index is 12.8. The number of hydrogen-bond acceptors (Lipinski definition) is 5. The highest BCUT2D eigenvalue weighted by Gasteiger charge is 2.25. The van der Waals surface area contributed by atoms with Gasteiger partial charge in [0, 0.05) is 50.6 Å². The Kier molecular flexibility index (Phi) is 7.03. The van der Waals surface area contributed by atoms with Crippen LogP contribution < -0.4 is 5.32 Å². The van der Waals surface area contributed by atoms with Gasteiger partial charge in [0.1, 0.15) is 0 Å². The van der Waals surface area contributed by atoms with Crippen LogP contribution in [0.15, 0.2) is 42.6 Å². The summed E-state index contributed by atoms with van der Waals surface area (Å²) in [7, 11) is 4.08. The smallest absolute Gasteiger partial charge is 0.253 e. The molecule has 33 heavy (non-hydrogen) atoms. The average molecular weight is 449 g/mol. The monoisotopic (exact) mass is 448 g/mol. The first kappa shape index (κ1) is 22.9. The van der Waals surface area contributed by atoms with Crippen LogP contribution in [0, 0.1) is 0 Å². The number of carbonyl (C=O) groups is 2. The predicted octanol–water partition coefficient (Wildman–Crippen LogP) is 2.65. The summed E-state index contributed by atoms with van der Waals surface area (Å²) in [4.78, 5) is 32.9. The van der Waals surface area contributed by atoms with E-state index >= 15 is 0 Å². The molecule has 1 aliphatic rings. The van der Waals surface area contributed by atoms with E-state index < -0.39 is 0 Å². The molecule has 2 aromatic heterocycles. The molecular weight excluding hydrogens is 416 g/mol. The fraction of sp³-hybridized carbons (Fsp3) is 0.440. The lowest BCUT2D eigenvalue weighted by molar-refractivity contribution is -0.129. The molecule has 1 saturated heterocycles. The molecule has 1 aromatic carbocycles. The minimum absolute atomic E-state index is 0.127. The molecule has 8 heteroatoms. The lowest BCUT2D eigenvalue weighted by Crippen LogP contribution is -2.36. The summed E-state index contributed by atoms with van der Waals surface area (Å²) in [5, 5.41) is 8.88. The van der Waals surface area contributed by atoms with Gasteiger partial charge in [0.2, 0.25) is 5.91 Å². The van der Waals surface area contributed by atoms with Crippen molar-refractivity contribution in [3.63, 3.8) is 0 Å². The van der Waals surface area contributed by atoms with Crippen LogP contribution in [0.2, 0.25) is 0 Å². The summed E-state index contributed by atoms with van der Waals surface area (Å²) in [6, 6.07) is 11.7. The van der Waals surface area contributed by atoms with E-state index in [1.165, 1.54) is 0 Å². The summed E-state index contributed by atoms with van der Waals surface area (Å²) in [5.41, 5.74) is 3.51. The van der Waals surface area contributed by atoms with Gasteiger partial charge in [0.25, 0.3) is 5.91 Å². The van der Waals surface area contributed by atoms with Gasteiger partial charge in [-0.05, 0) is 45.1 Å². The minimum atomic E-state index is -0.127. The zero-order valence-corrected chi connectivity index (χ0v) is 19.6. The number of aromatic nitrogens is 3. The third-order valence-electron chi connectivity index (χ3n) is 6.21. The molecule has 2 amide bonds. The summed E-state index contributed by atoms with van der Waals surface area (Å²) in [6.45, 7) is 5.05. The Morgan fingerprint density at radius 1 is 1.15 bits per heavy atom. The molecule has 0 atom stereocenters. The molecule has 1 N–H and O–H groups in total. The van der Waals surface area contributed by atoms with Crippen molar-refractivity contribution in [1.82, 2.24) is 29.9 Å². The first-order chi connectivity index (χ1) is 15.9. The van der Waals surface area contributed by atoms with Crippen LogP contribution in [-0.2, 0) is 17.9 Å². The average Bonchev–Trinajstić information content (AvgIpc) is 3.20. The number of carbonyl (C=O) groups excluding carboxylic acids is 2. The number of amides is 2. The number of rotatable bonds is 7. The number of para-hydroxylation sites is 1. The second-order valence-electron chi connectivity index (χ2n) is 8.94. The topological polar surface area (TPSA) is 83.4 Å².